The van der Waals surface area contributed by atoms with Crippen LogP contribution in [0.25, 0.3) is 0 Å². The zero-order valence-electron chi connectivity index (χ0n) is 13.4. The molecule has 2 aromatic rings. The second kappa shape index (κ2) is 15.8. The van der Waals surface area contributed by atoms with Crippen LogP contribution in [0.4, 0.5) is 11.4 Å². The van der Waals surface area contributed by atoms with Gasteiger partial charge in [0.1, 0.15) is 11.5 Å². The van der Waals surface area contributed by atoms with Crippen molar-refractivity contribution in [2.75, 3.05) is 25.7 Å². The number of nitrogens with two attached hydrogens (primary N) is 2. The third kappa shape index (κ3) is 13.4. The summed E-state index contributed by atoms with van der Waals surface area (Å²) in [7, 11) is 3.26. The Kier molecular flexibility index (Phi) is 14.9. The van der Waals surface area contributed by atoms with Gasteiger partial charge in [-0.3, -0.25) is 0 Å². The van der Waals surface area contributed by atoms with E-state index in [-0.39, 0.29) is 0 Å². The monoisotopic (exact) mass is 332 g/mol. The molecule has 0 fully saturated rings. The molecule has 6 N–H and O–H groups in total. The van der Waals surface area contributed by atoms with Crippen LogP contribution in [0, 0.1) is 10.8 Å². The fourth-order valence-electron chi connectivity index (χ4n) is 1.21. The van der Waals surface area contributed by atoms with Crippen molar-refractivity contribution >= 4 is 23.5 Å². The average molecular weight is 332 g/mol. The van der Waals surface area contributed by atoms with E-state index in [2.05, 4.69) is 0 Å². The third-order valence-electron chi connectivity index (χ3n) is 2.23. The molecule has 0 atom stereocenters. The van der Waals surface area contributed by atoms with Gasteiger partial charge >= 0.3 is 0 Å². The summed E-state index contributed by atoms with van der Waals surface area (Å²) >= 11 is 0. The van der Waals surface area contributed by atoms with Gasteiger partial charge in [-0.25, -0.2) is 20.4 Å². The van der Waals surface area contributed by atoms with E-state index >= 15 is 0 Å². The Bertz CT molecular complexity index is 558. The highest BCUT2D eigenvalue weighted by molar-refractivity contribution is 5.42. The molecule has 0 aromatic heterocycles. The van der Waals surface area contributed by atoms with E-state index in [1.54, 1.807) is 38.5 Å². The van der Waals surface area contributed by atoms with Crippen LogP contribution in [-0.2, 0) is 9.59 Å². The standard InChI is InChI=1S/2C7H9NO.2CHNO/c2*1-9-7-4-2-6(8)3-5-7;2*2-1-3/h2*2-5H,8H2,1H3;2*2H. The molecule has 0 radical (unpaired) electrons. The summed E-state index contributed by atoms with van der Waals surface area (Å²) < 4.78 is 9.83. The quantitative estimate of drug-likeness (QED) is 0.376. The summed E-state index contributed by atoms with van der Waals surface area (Å²) in [6, 6.07) is 14.5. The van der Waals surface area contributed by atoms with Gasteiger partial charge in [0.25, 0.3) is 0 Å². The number of hydrogen-bond acceptors (Lipinski definition) is 8. The number of methoxy groups -OCH3 is 2. The molecule has 2 rings (SSSR count). The summed E-state index contributed by atoms with van der Waals surface area (Å²) in [6.45, 7) is 0. The Balaban J connectivity index is 0. The molecule has 8 heteroatoms. The molecule has 0 bridgehead atoms. The first-order valence-electron chi connectivity index (χ1n) is 6.35. The zero-order valence-corrected chi connectivity index (χ0v) is 13.4. The van der Waals surface area contributed by atoms with E-state index in [1.165, 1.54) is 0 Å². The number of ether oxygens (including phenoxy) is 2. The normalized spacial score (nSPS) is 7.42. The van der Waals surface area contributed by atoms with Crippen LogP contribution in [0.15, 0.2) is 48.5 Å². The maximum Gasteiger partial charge on any atom is 0.231 e. The molecule has 0 aliphatic carbocycles. The van der Waals surface area contributed by atoms with Crippen LogP contribution in [0.5, 0.6) is 11.5 Å². The Hall–Kier alpha value is -3.60. The summed E-state index contributed by atoms with van der Waals surface area (Å²) in [4.78, 5) is 16.7. The van der Waals surface area contributed by atoms with E-state index in [0.29, 0.717) is 0 Å². The highest BCUT2D eigenvalue weighted by Crippen LogP contribution is 2.12. The molecular formula is C16H20N4O4. The van der Waals surface area contributed by atoms with Gasteiger partial charge in [-0.2, -0.15) is 0 Å². The minimum atomic E-state index is 0.750. The first-order valence-corrected chi connectivity index (χ1v) is 6.35. The molecule has 2 aromatic carbocycles. The van der Waals surface area contributed by atoms with Crippen molar-refractivity contribution in [2.24, 2.45) is 0 Å². The summed E-state index contributed by atoms with van der Waals surface area (Å²) in [5, 5.41) is 10.8. The van der Waals surface area contributed by atoms with Gasteiger partial charge in [-0.05, 0) is 48.5 Å². The number of rotatable bonds is 2. The Morgan fingerprint density at radius 3 is 1.08 bits per heavy atom. The van der Waals surface area contributed by atoms with Crippen molar-refractivity contribution in [3.63, 3.8) is 0 Å². The molecule has 0 aliphatic heterocycles. The number of carbonyl (C=O) groups excluding carboxylic acids is 2. The molecule has 0 saturated carbocycles. The first kappa shape index (κ1) is 22.7. The van der Waals surface area contributed by atoms with Gasteiger partial charge in [0, 0.05) is 11.4 Å². The highest BCUT2D eigenvalue weighted by atomic mass is 16.5. The lowest BCUT2D eigenvalue weighted by Crippen LogP contribution is -1.84. The summed E-state index contributed by atoms with van der Waals surface area (Å²) in [6.07, 6.45) is 1.50. The van der Waals surface area contributed by atoms with Gasteiger partial charge in [0.05, 0.1) is 14.2 Å². The van der Waals surface area contributed by atoms with E-state index in [1.807, 2.05) is 24.3 Å². The number of anilines is 2. The predicted molar refractivity (Wildman–Crippen MR) is 91.6 cm³/mol. The molecule has 24 heavy (non-hydrogen) atoms. The Morgan fingerprint density at radius 1 is 0.708 bits per heavy atom. The molecular weight excluding hydrogens is 312 g/mol. The molecule has 0 saturated heterocycles. The minimum absolute atomic E-state index is 0.750. The van der Waals surface area contributed by atoms with Crippen molar-refractivity contribution in [1.29, 1.82) is 10.8 Å². The lowest BCUT2D eigenvalue weighted by Gasteiger charge is -1.97. The summed E-state index contributed by atoms with van der Waals surface area (Å²) in [5.41, 5.74) is 12.4. The van der Waals surface area contributed by atoms with Crippen LogP contribution in [-0.4, -0.2) is 26.4 Å². The van der Waals surface area contributed by atoms with Crippen LogP contribution < -0.4 is 20.9 Å². The average Bonchev–Trinajstić information content (AvgIpc) is 2.58. The molecule has 0 aliphatic rings. The SMILES string of the molecule is COc1ccc(N)cc1.COc1ccc(N)cc1.N=C=O.N=C=O. The minimum Gasteiger partial charge on any atom is -0.497 e. The third-order valence-corrected chi connectivity index (χ3v) is 2.23. The fraction of sp³-hybridized carbons (Fsp3) is 0.125. The fourth-order valence-corrected chi connectivity index (χ4v) is 1.21. The number of nitrogen functional groups attached to an aromatic ring is 2. The van der Waals surface area contributed by atoms with Gasteiger partial charge in [-0.15, -0.1) is 0 Å². The highest BCUT2D eigenvalue weighted by Gasteiger charge is 1.86. The largest absolute Gasteiger partial charge is 0.497 e. The van der Waals surface area contributed by atoms with E-state index in [4.69, 9.17) is 41.3 Å². The van der Waals surface area contributed by atoms with Gasteiger partial charge < -0.3 is 20.9 Å². The molecule has 128 valence electrons. The predicted octanol–water partition coefficient (Wildman–Crippen LogP) is 2.36. The Morgan fingerprint density at radius 2 is 0.917 bits per heavy atom. The van der Waals surface area contributed by atoms with Crippen LogP contribution in [0.1, 0.15) is 0 Å². The van der Waals surface area contributed by atoms with E-state index in [9.17, 15) is 0 Å². The lowest BCUT2D eigenvalue weighted by atomic mass is 10.3. The lowest BCUT2D eigenvalue weighted by molar-refractivity contribution is 0.415. The van der Waals surface area contributed by atoms with Gasteiger partial charge in [-0.1, -0.05) is 0 Å². The van der Waals surface area contributed by atoms with Crippen LogP contribution >= 0.6 is 0 Å². The van der Waals surface area contributed by atoms with E-state index in [0.717, 1.165) is 35.0 Å². The first-order chi connectivity index (χ1) is 11.5. The zero-order chi connectivity index (χ0) is 18.8. The molecule has 0 heterocycles. The van der Waals surface area contributed by atoms with Crippen molar-refractivity contribution in [3.05, 3.63) is 48.5 Å². The van der Waals surface area contributed by atoms with Gasteiger partial charge in [0.15, 0.2) is 0 Å². The van der Waals surface area contributed by atoms with Crippen molar-refractivity contribution in [2.45, 2.75) is 0 Å². The number of benzene rings is 2. The number of nitrogens with one attached hydrogen (secondary N) is 2. The van der Waals surface area contributed by atoms with Crippen LogP contribution in [0.2, 0.25) is 0 Å². The maximum atomic E-state index is 8.35. The number of hydrogen-bond donors (Lipinski definition) is 4. The second-order valence-electron chi connectivity index (χ2n) is 3.75. The van der Waals surface area contributed by atoms with Gasteiger partial charge in [0.2, 0.25) is 12.2 Å². The maximum absolute atomic E-state index is 8.35. The van der Waals surface area contributed by atoms with Crippen molar-refractivity contribution in [1.82, 2.24) is 0 Å². The molecule has 8 nitrogen and oxygen atoms in total. The topological polar surface area (TPSA) is 152 Å². The number of isocyanates is 2. The van der Waals surface area contributed by atoms with Crippen LogP contribution in [0.3, 0.4) is 0 Å². The molecule has 0 amide bonds. The summed E-state index contributed by atoms with van der Waals surface area (Å²) in [5.74, 6) is 1.67. The van der Waals surface area contributed by atoms with E-state index < -0.39 is 0 Å². The van der Waals surface area contributed by atoms with Crippen molar-refractivity contribution < 1.29 is 19.1 Å². The second-order valence-corrected chi connectivity index (χ2v) is 3.75. The Labute approximate surface area is 140 Å². The van der Waals surface area contributed by atoms with Crippen molar-refractivity contribution in [3.8, 4) is 11.5 Å². The molecule has 0 unspecified atom stereocenters. The smallest absolute Gasteiger partial charge is 0.231 e. The molecule has 0 spiro atoms.